The summed E-state index contributed by atoms with van der Waals surface area (Å²) in [6.45, 7) is 6.37. The second kappa shape index (κ2) is 6.02. The first-order chi connectivity index (χ1) is 9.94. The molecule has 0 aromatic carbocycles. The predicted molar refractivity (Wildman–Crippen MR) is 80.9 cm³/mol. The third-order valence-electron chi connectivity index (χ3n) is 3.65. The van der Waals surface area contributed by atoms with Crippen LogP contribution in [0, 0.1) is 13.6 Å². The van der Waals surface area contributed by atoms with Crippen LogP contribution in [0.25, 0.3) is 10.4 Å². The van der Waals surface area contributed by atoms with Gasteiger partial charge in [0, 0.05) is 33.2 Å². The first-order valence-corrected chi connectivity index (χ1v) is 7.42. The molecule has 0 radical (unpaired) electrons. The molecule has 0 aliphatic carbocycles. The minimum atomic E-state index is -0.629. The average Bonchev–Trinajstić information content (AvgIpc) is 3.00. The van der Waals surface area contributed by atoms with E-state index >= 15 is 0 Å². The zero-order chi connectivity index (χ0) is 15.2. The summed E-state index contributed by atoms with van der Waals surface area (Å²) in [5.41, 5.74) is 2.04. The Morgan fingerprint density at radius 2 is 2.23 bits per heavy atom. The van der Waals surface area contributed by atoms with E-state index < -0.39 is 5.66 Å². The number of fused-ring (bicyclic) bond motifs is 1. The normalized spacial score (nSPS) is 16.0. The van der Waals surface area contributed by atoms with E-state index in [-0.39, 0.29) is 29.5 Å². The van der Waals surface area contributed by atoms with E-state index in [2.05, 4.69) is 15.5 Å². The number of aromatic nitrogens is 2. The van der Waals surface area contributed by atoms with E-state index in [1.54, 1.807) is 6.20 Å². The molecule has 1 aliphatic rings. The fraction of sp³-hybridized carbons (Fsp3) is 0.357. The molecule has 0 atom stereocenters. The Labute approximate surface area is 142 Å². The number of nitrogens with one attached hydrogen (secondary N) is 2. The van der Waals surface area contributed by atoms with Gasteiger partial charge in [0.25, 0.3) is 5.91 Å². The van der Waals surface area contributed by atoms with Crippen molar-refractivity contribution in [2.75, 3.05) is 11.4 Å². The van der Waals surface area contributed by atoms with Gasteiger partial charge in [-0.05, 0) is 26.8 Å². The van der Waals surface area contributed by atoms with Gasteiger partial charge in [-0.25, -0.2) is 0 Å². The van der Waals surface area contributed by atoms with Gasteiger partial charge >= 0.3 is 0 Å². The molecule has 3 heterocycles. The fourth-order valence-corrected chi connectivity index (χ4v) is 3.70. The van der Waals surface area contributed by atoms with Crippen LogP contribution in [0.3, 0.4) is 0 Å². The molecule has 2 N–H and O–H groups in total. The topological polar surface area (TPSA) is 61.0 Å². The Morgan fingerprint density at radius 3 is 2.82 bits per heavy atom. The Bertz CT molecular complexity index is 697. The molecule has 120 valence electrons. The first kappa shape index (κ1) is 17.0. The van der Waals surface area contributed by atoms with Crippen LogP contribution in [-0.2, 0) is 17.1 Å². The minimum Gasteiger partial charge on any atom is -0.458 e. The minimum absolute atomic E-state index is 0. The fourth-order valence-electron chi connectivity index (χ4n) is 2.58. The van der Waals surface area contributed by atoms with E-state index in [0.29, 0.717) is 11.6 Å². The maximum atomic E-state index is 12.8. The molecule has 0 fully saturated rings. The molecule has 0 bridgehead atoms. The van der Waals surface area contributed by atoms with Gasteiger partial charge in [0.1, 0.15) is 10.5 Å². The molecule has 22 heavy (non-hydrogen) atoms. The summed E-state index contributed by atoms with van der Waals surface area (Å²) < 4.78 is 12.8. The number of carbonyl (C=O) groups is 1. The molecular formula is C14H16FFeN4OS-. The van der Waals surface area contributed by atoms with Gasteiger partial charge in [0.15, 0.2) is 0 Å². The van der Waals surface area contributed by atoms with Crippen LogP contribution < -0.4 is 10.2 Å². The number of carbonyl (C=O) groups excluding carboxylic acids is 1. The molecule has 5 nitrogen and oxygen atoms in total. The molecule has 0 saturated carbocycles. The third kappa shape index (κ3) is 2.66. The van der Waals surface area contributed by atoms with Gasteiger partial charge < -0.3 is 14.6 Å². The smallest absolute Gasteiger partial charge is 0.265 e. The number of anilines is 1. The van der Waals surface area contributed by atoms with Gasteiger partial charge in [-0.2, -0.15) is 5.10 Å². The Morgan fingerprint density at radius 1 is 1.50 bits per heavy atom. The van der Waals surface area contributed by atoms with Crippen molar-refractivity contribution >= 4 is 22.9 Å². The second-order valence-corrected chi connectivity index (χ2v) is 6.56. The summed E-state index contributed by atoms with van der Waals surface area (Å²) >= 11 is 1.40. The van der Waals surface area contributed by atoms with Crippen LogP contribution in [0.1, 0.15) is 29.2 Å². The van der Waals surface area contributed by atoms with Crippen molar-refractivity contribution in [3.8, 4) is 10.4 Å². The average molecular weight is 363 g/mol. The molecule has 1 amide bonds. The second-order valence-electron chi connectivity index (χ2n) is 5.51. The van der Waals surface area contributed by atoms with Crippen molar-refractivity contribution in [1.82, 2.24) is 15.5 Å². The maximum absolute atomic E-state index is 12.8. The Kier molecular flexibility index (Phi) is 4.65. The van der Waals surface area contributed by atoms with Gasteiger partial charge in [-0.3, -0.25) is 9.89 Å². The zero-order valence-corrected chi connectivity index (χ0v) is 14.3. The van der Waals surface area contributed by atoms with Gasteiger partial charge in [-0.15, -0.1) is 18.0 Å². The maximum Gasteiger partial charge on any atom is 0.265 e. The monoisotopic (exact) mass is 363 g/mol. The van der Waals surface area contributed by atoms with Gasteiger partial charge in [-0.1, -0.05) is 6.54 Å². The molecule has 2 aromatic rings. The molecule has 0 spiro atoms. The van der Waals surface area contributed by atoms with Gasteiger partial charge in [0.05, 0.1) is 11.9 Å². The number of nitrogens with zero attached hydrogens (tertiary/aromatic N) is 2. The summed E-state index contributed by atoms with van der Waals surface area (Å²) in [7, 11) is 0. The van der Waals surface area contributed by atoms with Crippen molar-refractivity contribution in [2.24, 2.45) is 0 Å². The number of aryl methyl sites for hydroxylation is 1. The number of hydrogen-bond donors (Lipinski definition) is 2. The molecule has 0 unspecified atom stereocenters. The van der Waals surface area contributed by atoms with Gasteiger partial charge in [0.2, 0.25) is 0 Å². The number of H-pyrrole nitrogens is 1. The first-order valence-electron chi connectivity index (χ1n) is 6.60. The number of halogens is 1. The number of hydrogen-bond acceptors (Lipinski definition) is 4. The Balaban J connectivity index is 0.00000176. The summed E-state index contributed by atoms with van der Waals surface area (Å²) in [6, 6.07) is 1.93. The molecule has 1 aliphatic heterocycles. The molecule has 3 rings (SSSR count). The van der Waals surface area contributed by atoms with Crippen LogP contribution in [0.5, 0.6) is 0 Å². The number of thiophene rings is 1. The summed E-state index contributed by atoms with van der Waals surface area (Å²) in [6.07, 6.45) is 1.74. The number of rotatable bonds is 3. The summed E-state index contributed by atoms with van der Waals surface area (Å²) in [5, 5.41) is 9.80. The van der Waals surface area contributed by atoms with Crippen molar-refractivity contribution in [2.45, 2.75) is 26.4 Å². The molecule has 0 saturated heterocycles. The predicted octanol–water partition coefficient (Wildman–Crippen LogP) is 2.86. The standard InChI is InChI=1S/C14H16FN4OS.Fe/c1-8-9(7-16-18-8)11-6-10-12(21-11)13(20)17-14(2,3)19(10)5-4-15;/h4,6-7H,5H2,1-3H3,(H,16,18)(H,17,20);/q-1;. The molecule has 8 heteroatoms. The van der Waals surface area contributed by atoms with Crippen LogP contribution in [0.4, 0.5) is 10.1 Å². The number of amides is 1. The van der Waals surface area contributed by atoms with E-state index in [1.807, 2.05) is 31.7 Å². The zero-order valence-electron chi connectivity index (χ0n) is 12.4. The SMILES string of the molecule is Cc1[nH]ncc1-c1cc2c(s1)C(=O)NC(C)(C)N2C[CH-]F.[Fe]. The summed E-state index contributed by atoms with van der Waals surface area (Å²) in [4.78, 5) is 15.7. The van der Waals surface area contributed by atoms with E-state index in [4.69, 9.17) is 0 Å². The Hall–Kier alpha value is -1.37. The van der Waals surface area contributed by atoms with E-state index in [9.17, 15) is 9.18 Å². The molecule has 2 aromatic heterocycles. The van der Waals surface area contributed by atoms with Crippen LogP contribution in [-0.4, -0.2) is 28.3 Å². The van der Waals surface area contributed by atoms with Crippen LogP contribution in [0.2, 0.25) is 0 Å². The third-order valence-corrected chi connectivity index (χ3v) is 4.81. The van der Waals surface area contributed by atoms with Crippen molar-refractivity contribution in [3.05, 3.63) is 29.5 Å². The van der Waals surface area contributed by atoms with E-state index in [0.717, 1.165) is 21.8 Å². The number of aromatic amines is 1. The van der Waals surface area contributed by atoms with Crippen molar-refractivity contribution in [1.29, 1.82) is 0 Å². The molecular weight excluding hydrogens is 347 g/mol. The van der Waals surface area contributed by atoms with Crippen molar-refractivity contribution < 1.29 is 26.3 Å². The van der Waals surface area contributed by atoms with Crippen molar-refractivity contribution in [3.63, 3.8) is 0 Å². The van der Waals surface area contributed by atoms with Crippen LogP contribution >= 0.6 is 11.3 Å². The summed E-state index contributed by atoms with van der Waals surface area (Å²) in [5.74, 6) is -0.123. The van der Waals surface area contributed by atoms with Crippen LogP contribution in [0.15, 0.2) is 12.3 Å². The quantitative estimate of drug-likeness (QED) is 0.651. The van der Waals surface area contributed by atoms with E-state index in [1.165, 1.54) is 11.3 Å². The largest absolute Gasteiger partial charge is 0.458 e.